The highest BCUT2D eigenvalue weighted by Crippen LogP contribution is 2.15. The van der Waals surface area contributed by atoms with Gasteiger partial charge < -0.3 is 9.72 Å². The number of imidazole rings is 1. The zero-order chi connectivity index (χ0) is 10.7. The maximum atomic E-state index is 10.8. The van der Waals surface area contributed by atoms with Crippen molar-refractivity contribution in [3.05, 3.63) is 29.6 Å². The predicted octanol–water partition coefficient (Wildman–Crippen LogP) is 1.56. The Bertz CT molecular complexity index is 476. The number of hydrogen-bond donors (Lipinski definition) is 1. The van der Waals surface area contributed by atoms with E-state index in [2.05, 4.69) is 9.97 Å². The van der Waals surface area contributed by atoms with Crippen molar-refractivity contribution in [3.8, 4) is 0 Å². The van der Waals surface area contributed by atoms with Gasteiger partial charge >= 0.3 is 0 Å². The highest BCUT2D eigenvalue weighted by atomic mass is 16.5. The second-order valence-corrected chi connectivity index (χ2v) is 3.29. The van der Waals surface area contributed by atoms with E-state index in [1.54, 1.807) is 13.2 Å². The van der Waals surface area contributed by atoms with Gasteiger partial charge in [0.2, 0.25) is 0 Å². The first-order valence-corrected chi connectivity index (χ1v) is 4.77. The molecule has 1 heterocycles. The predicted molar refractivity (Wildman–Crippen MR) is 57.1 cm³/mol. The smallest absolute Gasteiger partial charge is 0.152 e. The molecule has 2 aromatic rings. The lowest BCUT2D eigenvalue weighted by molar-refractivity contribution is 0.112. The molecule has 78 valence electrons. The molecule has 4 heteroatoms. The Hall–Kier alpha value is -1.68. The Morgan fingerprint density at radius 2 is 2.40 bits per heavy atom. The van der Waals surface area contributed by atoms with E-state index in [9.17, 15) is 4.79 Å². The third kappa shape index (κ3) is 1.89. The highest BCUT2D eigenvalue weighted by Gasteiger charge is 2.05. The monoisotopic (exact) mass is 204 g/mol. The molecule has 0 atom stereocenters. The molecule has 2 rings (SSSR count). The number of aromatic nitrogens is 2. The van der Waals surface area contributed by atoms with Crippen LogP contribution >= 0.6 is 0 Å². The number of aromatic amines is 1. The second-order valence-electron chi connectivity index (χ2n) is 3.29. The summed E-state index contributed by atoms with van der Waals surface area (Å²) >= 11 is 0. The van der Waals surface area contributed by atoms with Crippen molar-refractivity contribution in [1.82, 2.24) is 9.97 Å². The molecule has 4 nitrogen and oxygen atoms in total. The number of benzene rings is 1. The number of aldehydes is 1. The summed E-state index contributed by atoms with van der Waals surface area (Å²) in [6, 6.07) is 5.51. The largest absolute Gasteiger partial charge is 0.384 e. The van der Waals surface area contributed by atoms with E-state index in [1.165, 1.54) is 0 Å². The molecule has 0 radical (unpaired) electrons. The zero-order valence-corrected chi connectivity index (χ0v) is 8.49. The average Bonchev–Trinajstić information content (AvgIpc) is 2.68. The first kappa shape index (κ1) is 9.86. The van der Waals surface area contributed by atoms with Crippen LogP contribution in [0.1, 0.15) is 16.2 Å². The van der Waals surface area contributed by atoms with E-state index < -0.39 is 0 Å². The molecule has 0 aliphatic rings. The van der Waals surface area contributed by atoms with E-state index in [1.807, 2.05) is 12.1 Å². The fraction of sp³-hybridized carbons (Fsp3) is 0.273. The summed E-state index contributed by atoms with van der Waals surface area (Å²) in [7, 11) is 1.65. The molecular formula is C11H12N2O2. The minimum atomic E-state index is 0.618. The van der Waals surface area contributed by atoms with Crippen LogP contribution in [-0.2, 0) is 11.2 Å². The van der Waals surface area contributed by atoms with Crippen molar-refractivity contribution >= 4 is 17.3 Å². The molecule has 0 bridgehead atoms. The van der Waals surface area contributed by atoms with Crippen molar-refractivity contribution in [1.29, 1.82) is 0 Å². The Balaban J connectivity index is 2.41. The minimum Gasteiger partial charge on any atom is -0.384 e. The number of rotatable bonds is 4. The van der Waals surface area contributed by atoms with Crippen molar-refractivity contribution in [3.63, 3.8) is 0 Å². The fourth-order valence-electron chi connectivity index (χ4n) is 1.52. The molecule has 0 aliphatic carbocycles. The minimum absolute atomic E-state index is 0.618. The summed E-state index contributed by atoms with van der Waals surface area (Å²) in [5.41, 5.74) is 2.25. The number of hydrogen-bond acceptors (Lipinski definition) is 3. The lowest BCUT2D eigenvalue weighted by Crippen LogP contribution is -1.95. The van der Waals surface area contributed by atoms with Crippen molar-refractivity contribution in [2.45, 2.75) is 6.42 Å². The molecular weight excluding hydrogens is 192 g/mol. The maximum Gasteiger partial charge on any atom is 0.152 e. The van der Waals surface area contributed by atoms with Gasteiger partial charge in [0.25, 0.3) is 0 Å². The van der Waals surface area contributed by atoms with Crippen molar-refractivity contribution < 1.29 is 9.53 Å². The molecule has 0 saturated carbocycles. The molecule has 15 heavy (non-hydrogen) atoms. The van der Waals surface area contributed by atoms with E-state index >= 15 is 0 Å². The van der Waals surface area contributed by atoms with Crippen molar-refractivity contribution in [2.24, 2.45) is 0 Å². The number of nitrogens with one attached hydrogen (secondary N) is 1. The normalized spacial score (nSPS) is 10.7. The van der Waals surface area contributed by atoms with Gasteiger partial charge in [-0.05, 0) is 12.1 Å². The fourth-order valence-corrected chi connectivity index (χ4v) is 1.52. The molecule has 0 fully saturated rings. The van der Waals surface area contributed by atoms with Gasteiger partial charge in [-0.1, -0.05) is 6.07 Å². The molecule has 0 spiro atoms. The van der Waals surface area contributed by atoms with Gasteiger partial charge in [-0.2, -0.15) is 0 Å². The van der Waals surface area contributed by atoms with Crippen LogP contribution in [0.3, 0.4) is 0 Å². The molecule has 0 aliphatic heterocycles. The molecule has 0 saturated heterocycles. The van der Waals surface area contributed by atoms with Crippen LogP contribution < -0.4 is 0 Å². The number of ether oxygens (including phenoxy) is 1. The van der Waals surface area contributed by atoms with Gasteiger partial charge in [0.05, 0.1) is 17.6 Å². The third-order valence-corrected chi connectivity index (χ3v) is 2.26. The Morgan fingerprint density at radius 3 is 3.13 bits per heavy atom. The first-order chi connectivity index (χ1) is 7.35. The molecule has 0 unspecified atom stereocenters. The number of carbonyl (C=O) groups excluding carboxylic acids is 1. The van der Waals surface area contributed by atoms with Crippen LogP contribution in [-0.4, -0.2) is 30.0 Å². The SMILES string of the molecule is COCCc1nc2c(C=O)cccc2[nH]1. The van der Waals surface area contributed by atoms with E-state index in [0.29, 0.717) is 12.2 Å². The van der Waals surface area contributed by atoms with Crippen LogP contribution in [0.5, 0.6) is 0 Å². The number of H-pyrrole nitrogens is 1. The van der Waals surface area contributed by atoms with Gasteiger partial charge in [-0.15, -0.1) is 0 Å². The quantitative estimate of drug-likeness (QED) is 0.769. The number of carbonyl (C=O) groups is 1. The second kappa shape index (κ2) is 4.23. The third-order valence-electron chi connectivity index (χ3n) is 2.26. The van der Waals surface area contributed by atoms with E-state index in [4.69, 9.17) is 4.74 Å². The average molecular weight is 204 g/mol. The van der Waals surface area contributed by atoms with Gasteiger partial charge in [0, 0.05) is 19.1 Å². The number of methoxy groups -OCH3 is 1. The maximum absolute atomic E-state index is 10.8. The van der Waals surface area contributed by atoms with E-state index in [0.717, 1.165) is 29.6 Å². The number of para-hydroxylation sites is 1. The molecule has 1 aromatic carbocycles. The summed E-state index contributed by atoms with van der Waals surface area (Å²) < 4.78 is 4.97. The standard InChI is InChI=1S/C11H12N2O2/c1-15-6-5-10-12-9-4-2-3-8(7-14)11(9)13-10/h2-4,7H,5-6H2,1H3,(H,12,13). The van der Waals surface area contributed by atoms with Gasteiger partial charge in [-0.25, -0.2) is 4.98 Å². The Labute approximate surface area is 87.3 Å². The topological polar surface area (TPSA) is 55.0 Å². The lowest BCUT2D eigenvalue weighted by Gasteiger charge is -1.92. The lowest BCUT2D eigenvalue weighted by atomic mass is 10.2. The van der Waals surface area contributed by atoms with E-state index in [-0.39, 0.29) is 0 Å². The Morgan fingerprint density at radius 1 is 1.53 bits per heavy atom. The summed E-state index contributed by atoms with van der Waals surface area (Å²) in [6.07, 6.45) is 1.55. The van der Waals surface area contributed by atoms with Crippen LogP contribution in [0, 0.1) is 0 Å². The number of nitrogens with zero attached hydrogens (tertiary/aromatic N) is 1. The molecule has 1 aromatic heterocycles. The zero-order valence-electron chi connectivity index (χ0n) is 8.49. The summed E-state index contributed by atoms with van der Waals surface area (Å²) in [4.78, 5) is 18.3. The van der Waals surface area contributed by atoms with Crippen molar-refractivity contribution in [2.75, 3.05) is 13.7 Å². The summed E-state index contributed by atoms with van der Waals surface area (Å²) in [5.74, 6) is 0.848. The Kier molecular flexibility index (Phi) is 2.78. The summed E-state index contributed by atoms with van der Waals surface area (Å²) in [6.45, 7) is 0.621. The summed E-state index contributed by atoms with van der Waals surface area (Å²) in [5, 5.41) is 0. The van der Waals surface area contributed by atoms with Gasteiger partial charge in [0.15, 0.2) is 6.29 Å². The van der Waals surface area contributed by atoms with Gasteiger partial charge in [0.1, 0.15) is 5.82 Å². The first-order valence-electron chi connectivity index (χ1n) is 4.77. The van der Waals surface area contributed by atoms with Gasteiger partial charge in [-0.3, -0.25) is 4.79 Å². The van der Waals surface area contributed by atoms with Crippen LogP contribution in [0.4, 0.5) is 0 Å². The van der Waals surface area contributed by atoms with Crippen LogP contribution in [0.2, 0.25) is 0 Å². The highest BCUT2D eigenvalue weighted by molar-refractivity contribution is 5.94. The number of fused-ring (bicyclic) bond motifs is 1. The molecule has 0 amide bonds. The van der Waals surface area contributed by atoms with Crippen LogP contribution in [0.25, 0.3) is 11.0 Å². The molecule has 1 N–H and O–H groups in total. The van der Waals surface area contributed by atoms with Crippen LogP contribution in [0.15, 0.2) is 18.2 Å².